The second kappa shape index (κ2) is 6.77. The Balaban J connectivity index is 1.39. The second-order valence-corrected chi connectivity index (χ2v) is 8.57. The average Bonchev–Trinajstić information content (AvgIpc) is 3.07. The number of fused-ring (bicyclic) bond motifs is 1. The highest BCUT2D eigenvalue weighted by Crippen LogP contribution is 2.56. The minimum absolute atomic E-state index is 0.153. The van der Waals surface area contributed by atoms with Gasteiger partial charge in [0.1, 0.15) is 5.69 Å². The highest BCUT2D eigenvalue weighted by Gasteiger charge is 2.57. The fraction of sp³-hybridized carbons (Fsp3) is 0.429. The maximum absolute atomic E-state index is 13.3. The SMILES string of the molecule is O=C(Cc1noc2ccccc12)N(Cc1ccsc1)C1CC12CCNCC2. The van der Waals surface area contributed by atoms with Crippen LogP contribution in [-0.4, -0.2) is 35.1 Å². The van der Waals surface area contributed by atoms with Crippen LogP contribution in [0.2, 0.25) is 0 Å². The van der Waals surface area contributed by atoms with Crippen molar-refractivity contribution < 1.29 is 9.32 Å². The van der Waals surface area contributed by atoms with Crippen LogP contribution < -0.4 is 5.32 Å². The number of thiophene rings is 1. The van der Waals surface area contributed by atoms with Crippen molar-refractivity contribution in [3.63, 3.8) is 0 Å². The van der Waals surface area contributed by atoms with Gasteiger partial charge in [-0.25, -0.2) is 0 Å². The maximum Gasteiger partial charge on any atom is 0.229 e. The molecule has 5 nitrogen and oxygen atoms in total. The lowest BCUT2D eigenvalue weighted by Crippen LogP contribution is -2.39. The molecule has 6 heteroatoms. The first-order chi connectivity index (χ1) is 13.3. The molecule has 1 saturated heterocycles. The van der Waals surface area contributed by atoms with Gasteiger partial charge < -0.3 is 14.7 Å². The van der Waals surface area contributed by atoms with E-state index in [1.165, 1.54) is 5.56 Å². The molecule has 1 unspecified atom stereocenters. The maximum atomic E-state index is 13.3. The zero-order chi connectivity index (χ0) is 18.3. The Hall–Kier alpha value is -2.18. The van der Waals surface area contributed by atoms with E-state index in [1.54, 1.807) is 11.3 Å². The van der Waals surface area contributed by atoms with E-state index < -0.39 is 0 Å². The first kappa shape index (κ1) is 17.0. The molecule has 2 aromatic heterocycles. The average molecular weight is 382 g/mol. The summed E-state index contributed by atoms with van der Waals surface area (Å²) in [5.41, 5.74) is 3.02. The number of nitrogens with one attached hydrogen (secondary N) is 1. The lowest BCUT2D eigenvalue weighted by molar-refractivity contribution is -0.132. The number of amides is 1. The Morgan fingerprint density at radius 2 is 2.15 bits per heavy atom. The number of rotatable bonds is 5. The van der Waals surface area contributed by atoms with Crippen molar-refractivity contribution in [2.24, 2.45) is 5.41 Å². The monoisotopic (exact) mass is 381 g/mol. The Bertz CT molecular complexity index is 943. The number of aromatic nitrogens is 1. The number of carbonyl (C=O) groups is 1. The molecule has 5 rings (SSSR count). The number of nitrogens with zero attached hydrogens (tertiary/aromatic N) is 2. The van der Waals surface area contributed by atoms with E-state index in [1.807, 2.05) is 24.3 Å². The number of piperidine rings is 1. The minimum Gasteiger partial charge on any atom is -0.356 e. The summed E-state index contributed by atoms with van der Waals surface area (Å²) < 4.78 is 5.39. The van der Waals surface area contributed by atoms with Crippen molar-refractivity contribution in [2.45, 2.75) is 38.3 Å². The summed E-state index contributed by atoms with van der Waals surface area (Å²) in [5.74, 6) is 0.153. The normalized spacial score (nSPS) is 20.8. The van der Waals surface area contributed by atoms with Crippen LogP contribution in [0.4, 0.5) is 0 Å². The standard InChI is InChI=1S/C21H23N3O2S/c25-20(11-17-16-3-1-2-4-18(16)26-23-17)24(13-15-5-10-27-14-15)19-12-21(19)6-8-22-9-7-21/h1-5,10,14,19,22H,6-9,11-13H2. The molecule has 2 aliphatic rings. The van der Waals surface area contributed by atoms with E-state index in [0.717, 1.165) is 49.0 Å². The highest BCUT2D eigenvalue weighted by molar-refractivity contribution is 7.07. The van der Waals surface area contributed by atoms with Crippen molar-refractivity contribution in [3.05, 3.63) is 52.3 Å². The molecule has 1 aromatic carbocycles. The number of carbonyl (C=O) groups excluding carboxylic acids is 1. The molecular formula is C21H23N3O2S. The Labute approximate surface area is 162 Å². The summed E-state index contributed by atoms with van der Waals surface area (Å²) in [6, 6.07) is 10.2. The van der Waals surface area contributed by atoms with Gasteiger partial charge in [0, 0.05) is 18.0 Å². The van der Waals surface area contributed by atoms with Gasteiger partial charge in [0.2, 0.25) is 5.91 Å². The molecule has 0 bridgehead atoms. The van der Waals surface area contributed by atoms with Gasteiger partial charge in [-0.3, -0.25) is 4.79 Å². The summed E-state index contributed by atoms with van der Waals surface area (Å²) in [6.45, 7) is 2.81. The van der Waals surface area contributed by atoms with Gasteiger partial charge in [0.05, 0.1) is 6.42 Å². The van der Waals surface area contributed by atoms with E-state index in [4.69, 9.17) is 4.52 Å². The molecule has 1 amide bonds. The fourth-order valence-corrected chi connectivity index (χ4v) is 5.15. The van der Waals surface area contributed by atoms with E-state index in [2.05, 4.69) is 32.2 Å². The summed E-state index contributed by atoms with van der Waals surface area (Å²) in [6.07, 6.45) is 3.76. The number of hydrogen-bond acceptors (Lipinski definition) is 5. The van der Waals surface area contributed by atoms with Crippen LogP contribution in [0, 0.1) is 5.41 Å². The molecule has 140 valence electrons. The second-order valence-electron chi connectivity index (χ2n) is 7.79. The van der Waals surface area contributed by atoms with Crippen LogP contribution in [0.3, 0.4) is 0 Å². The Morgan fingerprint density at radius 3 is 2.96 bits per heavy atom. The molecule has 1 aliphatic carbocycles. The molecule has 2 fully saturated rings. The number of hydrogen-bond donors (Lipinski definition) is 1. The lowest BCUT2D eigenvalue weighted by atomic mass is 9.93. The summed E-state index contributed by atoms with van der Waals surface area (Å²) >= 11 is 1.68. The van der Waals surface area contributed by atoms with Crippen molar-refractivity contribution >= 4 is 28.2 Å². The molecule has 1 atom stereocenters. The van der Waals surface area contributed by atoms with Gasteiger partial charge in [-0.1, -0.05) is 17.3 Å². The van der Waals surface area contributed by atoms with E-state index >= 15 is 0 Å². The molecule has 3 aromatic rings. The first-order valence-electron chi connectivity index (χ1n) is 9.60. The van der Waals surface area contributed by atoms with Gasteiger partial charge in [0.25, 0.3) is 0 Å². The van der Waals surface area contributed by atoms with Gasteiger partial charge >= 0.3 is 0 Å². The molecule has 0 radical (unpaired) electrons. The molecule has 27 heavy (non-hydrogen) atoms. The zero-order valence-corrected chi connectivity index (χ0v) is 16.0. The van der Waals surface area contributed by atoms with Crippen molar-refractivity contribution in [3.8, 4) is 0 Å². The predicted molar refractivity (Wildman–Crippen MR) is 106 cm³/mol. The van der Waals surface area contributed by atoms with Crippen LogP contribution in [0.5, 0.6) is 0 Å². The highest BCUT2D eigenvalue weighted by atomic mass is 32.1. The van der Waals surface area contributed by atoms with Crippen LogP contribution in [-0.2, 0) is 17.8 Å². The van der Waals surface area contributed by atoms with E-state index in [0.29, 0.717) is 24.4 Å². The third kappa shape index (κ3) is 3.17. The molecule has 1 N–H and O–H groups in total. The third-order valence-electron chi connectivity index (χ3n) is 6.15. The molecular weight excluding hydrogens is 358 g/mol. The Morgan fingerprint density at radius 1 is 1.30 bits per heavy atom. The van der Waals surface area contributed by atoms with Gasteiger partial charge in [0.15, 0.2) is 5.58 Å². The zero-order valence-electron chi connectivity index (χ0n) is 15.2. The summed E-state index contributed by atoms with van der Waals surface area (Å²) in [7, 11) is 0. The molecule has 1 saturated carbocycles. The molecule has 1 spiro atoms. The smallest absolute Gasteiger partial charge is 0.229 e. The van der Waals surface area contributed by atoms with Crippen LogP contribution in [0.15, 0.2) is 45.6 Å². The van der Waals surface area contributed by atoms with E-state index in [9.17, 15) is 4.79 Å². The van der Waals surface area contributed by atoms with Gasteiger partial charge in [-0.15, -0.1) is 0 Å². The largest absolute Gasteiger partial charge is 0.356 e. The van der Waals surface area contributed by atoms with Gasteiger partial charge in [-0.2, -0.15) is 11.3 Å². The predicted octanol–water partition coefficient (Wildman–Crippen LogP) is 3.60. The first-order valence-corrected chi connectivity index (χ1v) is 10.5. The lowest BCUT2D eigenvalue weighted by Gasteiger charge is -2.29. The molecule has 3 heterocycles. The third-order valence-corrected chi connectivity index (χ3v) is 6.88. The number of benzene rings is 1. The number of para-hydroxylation sites is 1. The topological polar surface area (TPSA) is 58.4 Å². The van der Waals surface area contributed by atoms with E-state index in [-0.39, 0.29) is 5.91 Å². The fourth-order valence-electron chi connectivity index (χ4n) is 4.49. The Kier molecular flexibility index (Phi) is 4.25. The summed E-state index contributed by atoms with van der Waals surface area (Å²) in [4.78, 5) is 15.4. The molecule has 1 aliphatic heterocycles. The van der Waals surface area contributed by atoms with Crippen molar-refractivity contribution in [1.29, 1.82) is 0 Å². The summed E-state index contributed by atoms with van der Waals surface area (Å²) in [5, 5.41) is 12.8. The van der Waals surface area contributed by atoms with Crippen LogP contribution in [0.25, 0.3) is 11.0 Å². The quantitative estimate of drug-likeness (QED) is 0.734. The van der Waals surface area contributed by atoms with Crippen molar-refractivity contribution in [1.82, 2.24) is 15.4 Å². The minimum atomic E-state index is 0.153. The van der Waals surface area contributed by atoms with Crippen molar-refractivity contribution in [2.75, 3.05) is 13.1 Å². The van der Waals surface area contributed by atoms with Crippen LogP contribution in [0.1, 0.15) is 30.5 Å². The van der Waals surface area contributed by atoms with Crippen LogP contribution >= 0.6 is 11.3 Å². The van der Waals surface area contributed by atoms with Gasteiger partial charge in [-0.05, 0) is 72.3 Å².